The minimum Gasteiger partial charge on any atom is -0.497 e. The summed E-state index contributed by atoms with van der Waals surface area (Å²) in [7, 11) is 1.70. The van der Waals surface area contributed by atoms with Crippen LogP contribution in [0, 0.1) is 0 Å². The van der Waals surface area contributed by atoms with Gasteiger partial charge in [-0.15, -0.1) is 0 Å². The van der Waals surface area contributed by atoms with Gasteiger partial charge in [0.15, 0.2) is 0 Å². The first-order valence-corrected chi connectivity index (χ1v) is 4.47. The van der Waals surface area contributed by atoms with Gasteiger partial charge in [-0.2, -0.15) is 0 Å². The van der Waals surface area contributed by atoms with E-state index in [-0.39, 0.29) is 0 Å². The molecule has 1 rings (SSSR count). The van der Waals surface area contributed by atoms with Crippen molar-refractivity contribution in [3.63, 3.8) is 0 Å². The number of allylic oxidation sites excluding steroid dienone is 5. The maximum atomic E-state index is 5.13. The van der Waals surface area contributed by atoms with E-state index in [2.05, 4.69) is 19.1 Å². The molecule has 0 spiro atoms. The highest BCUT2D eigenvalue weighted by molar-refractivity contribution is 5.27. The van der Waals surface area contributed by atoms with Gasteiger partial charge < -0.3 is 4.74 Å². The molecule has 0 radical (unpaired) electrons. The normalized spacial score (nSPS) is 16.5. The zero-order chi connectivity index (χ0) is 8.81. The third-order valence-electron chi connectivity index (χ3n) is 1.95. The highest BCUT2D eigenvalue weighted by Crippen LogP contribution is 2.15. The van der Waals surface area contributed by atoms with Crippen molar-refractivity contribution in [1.82, 2.24) is 0 Å². The van der Waals surface area contributed by atoms with Crippen molar-refractivity contribution in [2.75, 3.05) is 7.11 Å². The Bertz CT molecular complexity index is 221. The van der Waals surface area contributed by atoms with Crippen LogP contribution in [0.25, 0.3) is 0 Å². The number of methoxy groups -OCH3 is 1. The highest BCUT2D eigenvalue weighted by atomic mass is 16.5. The average Bonchev–Trinajstić information content (AvgIpc) is 2.31. The zero-order valence-electron chi connectivity index (χ0n) is 7.84. The molecule has 0 amide bonds. The van der Waals surface area contributed by atoms with E-state index in [0.29, 0.717) is 0 Å². The molecule has 1 heteroatoms. The van der Waals surface area contributed by atoms with Gasteiger partial charge in [0, 0.05) is 0 Å². The molecule has 0 bridgehead atoms. The maximum absolute atomic E-state index is 5.13. The Balaban J connectivity index is 2.63. The second-order valence-corrected chi connectivity index (χ2v) is 2.95. The van der Waals surface area contributed by atoms with E-state index in [1.807, 2.05) is 12.2 Å². The van der Waals surface area contributed by atoms with Gasteiger partial charge in [0.25, 0.3) is 0 Å². The van der Waals surface area contributed by atoms with Crippen LogP contribution in [0.4, 0.5) is 0 Å². The first-order chi connectivity index (χ1) is 5.86. The Kier molecular flexibility index (Phi) is 3.65. The minimum absolute atomic E-state index is 0.945. The lowest BCUT2D eigenvalue weighted by Gasteiger charge is -1.98. The monoisotopic (exact) mass is 164 g/mol. The minimum atomic E-state index is 0.945. The van der Waals surface area contributed by atoms with Crippen molar-refractivity contribution in [3.05, 3.63) is 35.6 Å². The lowest BCUT2D eigenvalue weighted by molar-refractivity contribution is 0.307. The fourth-order valence-electron chi connectivity index (χ4n) is 1.29. The van der Waals surface area contributed by atoms with E-state index in [0.717, 1.165) is 12.2 Å². The van der Waals surface area contributed by atoms with Crippen LogP contribution in [0.3, 0.4) is 0 Å². The first kappa shape index (κ1) is 9.11. The molecule has 0 heterocycles. The topological polar surface area (TPSA) is 9.23 Å². The zero-order valence-corrected chi connectivity index (χ0v) is 7.84. The molecule has 0 aromatic heterocycles. The van der Waals surface area contributed by atoms with Gasteiger partial charge in [-0.3, -0.25) is 0 Å². The molecular weight excluding hydrogens is 148 g/mol. The van der Waals surface area contributed by atoms with Crippen LogP contribution in [0.1, 0.15) is 26.2 Å². The van der Waals surface area contributed by atoms with Gasteiger partial charge in [0.05, 0.1) is 7.11 Å². The van der Waals surface area contributed by atoms with Crippen LogP contribution in [0.5, 0.6) is 0 Å². The van der Waals surface area contributed by atoms with Gasteiger partial charge in [-0.05, 0) is 25.0 Å². The predicted octanol–water partition coefficient (Wildman–Crippen LogP) is 3.20. The van der Waals surface area contributed by atoms with Crippen LogP contribution in [-0.2, 0) is 4.74 Å². The Morgan fingerprint density at radius 1 is 1.42 bits per heavy atom. The maximum Gasteiger partial charge on any atom is 0.118 e. The summed E-state index contributed by atoms with van der Waals surface area (Å²) in [6.07, 6.45) is 11.9. The molecule has 0 saturated carbocycles. The Morgan fingerprint density at radius 3 is 2.92 bits per heavy atom. The van der Waals surface area contributed by atoms with Crippen molar-refractivity contribution in [3.8, 4) is 0 Å². The van der Waals surface area contributed by atoms with Crippen LogP contribution >= 0.6 is 0 Å². The summed E-state index contributed by atoms with van der Waals surface area (Å²) < 4.78 is 5.13. The van der Waals surface area contributed by atoms with E-state index in [1.165, 1.54) is 18.4 Å². The molecule has 0 aromatic rings. The van der Waals surface area contributed by atoms with E-state index in [9.17, 15) is 0 Å². The van der Waals surface area contributed by atoms with E-state index in [1.54, 1.807) is 7.11 Å². The summed E-state index contributed by atoms with van der Waals surface area (Å²) in [4.78, 5) is 0. The largest absolute Gasteiger partial charge is 0.497 e. The number of hydrogen-bond donors (Lipinski definition) is 0. The summed E-state index contributed by atoms with van der Waals surface area (Å²) in [5.74, 6) is 0.945. The average molecular weight is 164 g/mol. The van der Waals surface area contributed by atoms with Crippen molar-refractivity contribution in [2.45, 2.75) is 26.2 Å². The highest BCUT2D eigenvalue weighted by Gasteiger charge is 1.97. The summed E-state index contributed by atoms with van der Waals surface area (Å²) in [6.45, 7) is 2.20. The molecule has 0 aliphatic heterocycles. The van der Waals surface area contributed by atoms with Crippen LogP contribution in [-0.4, -0.2) is 7.11 Å². The van der Waals surface area contributed by atoms with Gasteiger partial charge in [0.1, 0.15) is 5.76 Å². The van der Waals surface area contributed by atoms with Crippen molar-refractivity contribution < 1.29 is 4.74 Å². The Morgan fingerprint density at radius 2 is 2.25 bits per heavy atom. The fraction of sp³-hybridized carbons (Fsp3) is 0.455. The molecule has 0 unspecified atom stereocenters. The SMILES string of the molecule is CCCC1=CC=C(OC)C=CC1. The van der Waals surface area contributed by atoms with Crippen molar-refractivity contribution >= 4 is 0 Å². The molecule has 0 aromatic carbocycles. The summed E-state index contributed by atoms with van der Waals surface area (Å²) >= 11 is 0. The quantitative estimate of drug-likeness (QED) is 0.622. The van der Waals surface area contributed by atoms with Crippen molar-refractivity contribution in [1.29, 1.82) is 0 Å². The van der Waals surface area contributed by atoms with Crippen LogP contribution in [0.15, 0.2) is 35.6 Å². The smallest absolute Gasteiger partial charge is 0.118 e. The molecule has 0 fully saturated rings. The lowest BCUT2D eigenvalue weighted by atomic mass is 10.1. The predicted molar refractivity (Wildman–Crippen MR) is 51.8 cm³/mol. The van der Waals surface area contributed by atoms with E-state index < -0.39 is 0 Å². The second-order valence-electron chi connectivity index (χ2n) is 2.95. The molecule has 12 heavy (non-hydrogen) atoms. The Labute approximate surface area is 74.4 Å². The molecule has 0 atom stereocenters. The van der Waals surface area contributed by atoms with Crippen LogP contribution < -0.4 is 0 Å². The Hall–Kier alpha value is -0.980. The van der Waals surface area contributed by atoms with Crippen LogP contribution in [0.2, 0.25) is 0 Å². The summed E-state index contributed by atoms with van der Waals surface area (Å²) in [5.41, 5.74) is 1.49. The number of hydrogen-bond acceptors (Lipinski definition) is 1. The van der Waals surface area contributed by atoms with Gasteiger partial charge in [0.2, 0.25) is 0 Å². The number of rotatable bonds is 3. The molecule has 1 aliphatic carbocycles. The molecule has 1 aliphatic rings. The van der Waals surface area contributed by atoms with E-state index in [4.69, 9.17) is 4.74 Å². The third-order valence-corrected chi connectivity index (χ3v) is 1.95. The molecule has 0 N–H and O–H groups in total. The molecule has 1 nitrogen and oxygen atoms in total. The molecule has 66 valence electrons. The fourth-order valence-corrected chi connectivity index (χ4v) is 1.29. The summed E-state index contributed by atoms with van der Waals surface area (Å²) in [6, 6.07) is 0. The van der Waals surface area contributed by atoms with Gasteiger partial charge >= 0.3 is 0 Å². The molecular formula is C11H16O. The first-order valence-electron chi connectivity index (χ1n) is 4.47. The number of ether oxygens (including phenoxy) is 1. The summed E-state index contributed by atoms with van der Waals surface area (Å²) in [5, 5.41) is 0. The lowest BCUT2D eigenvalue weighted by Crippen LogP contribution is -1.78. The van der Waals surface area contributed by atoms with E-state index >= 15 is 0 Å². The van der Waals surface area contributed by atoms with Gasteiger partial charge in [-0.25, -0.2) is 0 Å². The molecule has 0 saturated heterocycles. The second kappa shape index (κ2) is 4.81. The third kappa shape index (κ3) is 2.57. The van der Waals surface area contributed by atoms with Gasteiger partial charge in [-0.1, -0.05) is 31.1 Å². The van der Waals surface area contributed by atoms with Crippen molar-refractivity contribution in [2.24, 2.45) is 0 Å². The standard InChI is InChI=1S/C11H16O/c1-3-5-10-6-4-7-11(12-2)9-8-10/h4,7-9H,3,5-6H2,1-2H3.